The summed E-state index contributed by atoms with van der Waals surface area (Å²) in [5, 5.41) is 3.75. The van der Waals surface area contributed by atoms with Gasteiger partial charge in [-0.05, 0) is 96.5 Å². The highest BCUT2D eigenvalue weighted by Crippen LogP contribution is 2.53. The Kier molecular flexibility index (Phi) is 10.4. The van der Waals surface area contributed by atoms with Crippen LogP contribution in [0.15, 0.2) is 106 Å². The van der Waals surface area contributed by atoms with E-state index in [1.807, 2.05) is 26.0 Å². The van der Waals surface area contributed by atoms with Gasteiger partial charge in [-0.1, -0.05) is 79.5 Å². The molecule has 0 aromatic carbocycles. The highest BCUT2D eigenvalue weighted by Gasteiger charge is 2.37. The molecule has 0 aromatic rings. The molecule has 4 heteroatoms. The second kappa shape index (κ2) is 13.1. The zero-order valence-electron chi connectivity index (χ0n) is 24.6. The van der Waals surface area contributed by atoms with Gasteiger partial charge in [-0.3, -0.25) is 0 Å². The molecule has 3 unspecified atom stereocenters. The number of allylic oxidation sites excluding steroid dienone is 14. The highest BCUT2D eigenvalue weighted by atomic mass is 31.1. The van der Waals surface area contributed by atoms with Gasteiger partial charge in [0.05, 0.1) is 0 Å². The fraction of sp³-hybridized carbons (Fsp3) is 0.429. The van der Waals surface area contributed by atoms with Gasteiger partial charge in [0.25, 0.3) is 5.92 Å². The zero-order chi connectivity index (χ0) is 28.8. The molecule has 0 aromatic heterocycles. The maximum atomic E-state index is 14.4. The minimum Gasteiger partial charge on any atom is -0.358 e. The Morgan fingerprint density at radius 2 is 2.05 bits per heavy atom. The molecule has 0 spiro atoms. The molecule has 0 saturated heterocycles. The van der Waals surface area contributed by atoms with Crippen LogP contribution in [-0.2, 0) is 0 Å². The fourth-order valence-corrected chi connectivity index (χ4v) is 7.68. The molecule has 1 N–H and O–H groups in total. The van der Waals surface area contributed by atoms with Crippen LogP contribution >= 0.6 is 7.92 Å². The van der Waals surface area contributed by atoms with Gasteiger partial charge in [0.2, 0.25) is 0 Å². The normalized spacial score (nSPS) is 24.4. The third-order valence-electron chi connectivity index (χ3n) is 7.86. The van der Waals surface area contributed by atoms with Crippen LogP contribution in [0.2, 0.25) is 0 Å². The van der Waals surface area contributed by atoms with E-state index in [-0.39, 0.29) is 18.5 Å². The largest absolute Gasteiger partial charge is 0.358 e. The Morgan fingerprint density at radius 1 is 1.31 bits per heavy atom. The number of alkyl halides is 2. The maximum Gasteiger partial charge on any atom is 0.252 e. The molecule has 1 aliphatic heterocycles. The Bertz CT molecular complexity index is 1270. The first kappa shape index (κ1) is 30.8. The third kappa shape index (κ3) is 7.70. The van der Waals surface area contributed by atoms with Crippen molar-refractivity contribution in [3.8, 4) is 11.8 Å². The topological polar surface area (TPSA) is 12.0 Å². The van der Waals surface area contributed by atoms with E-state index < -0.39 is 19.3 Å². The number of halogens is 2. The van der Waals surface area contributed by atoms with Gasteiger partial charge in [0.1, 0.15) is 0 Å². The second-order valence-corrected chi connectivity index (χ2v) is 13.5. The summed E-state index contributed by atoms with van der Waals surface area (Å²) in [7, 11) is -0.615. The van der Waals surface area contributed by atoms with Crippen LogP contribution in [0.3, 0.4) is 0 Å². The lowest BCUT2D eigenvalue weighted by molar-refractivity contribution is -0.0112. The highest BCUT2D eigenvalue weighted by molar-refractivity contribution is 7.62. The van der Waals surface area contributed by atoms with Crippen molar-refractivity contribution in [1.82, 2.24) is 5.32 Å². The van der Waals surface area contributed by atoms with E-state index >= 15 is 0 Å². The van der Waals surface area contributed by atoms with Crippen molar-refractivity contribution < 1.29 is 8.78 Å². The summed E-state index contributed by atoms with van der Waals surface area (Å²) >= 11 is 0. The zero-order valence-corrected chi connectivity index (χ0v) is 25.5. The van der Waals surface area contributed by atoms with E-state index in [4.69, 9.17) is 0 Å². The summed E-state index contributed by atoms with van der Waals surface area (Å²) in [5.41, 5.74) is 8.34. The Hall–Kier alpha value is -2.69. The molecule has 2 aliphatic carbocycles. The molecular weight excluding hydrogens is 503 g/mol. The van der Waals surface area contributed by atoms with Gasteiger partial charge < -0.3 is 5.32 Å². The first-order chi connectivity index (χ1) is 18.4. The van der Waals surface area contributed by atoms with E-state index in [2.05, 4.69) is 94.2 Å². The van der Waals surface area contributed by atoms with Gasteiger partial charge in [-0.25, -0.2) is 8.78 Å². The molecule has 0 amide bonds. The Balaban J connectivity index is 1.94. The van der Waals surface area contributed by atoms with Crippen molar-refractivity contribution in [2.45, 2.75) is 84.7 Å². The third-order valence-corrected chi connectivity index (χ3v) is 10.1. The minimum absolute atomic E-state index is 0.0480. The minimum atomic E-state index is -2.63. The lowest BCUT2D eigenvalue weighted by Crippen LogP contribution is -2.31. The quantitative estimate of drug-likeness (QED) is 0.172. The lowest BCUT2D eigenvalue weighted by Gasteiger charge is -2.38. The van der Waals surface area contributed by atoms with Crippen LogP contribution in [0.4, 0.5) is 8.78 Å². The number of rotatable bonds is 9. The Labute approximate surface area is 236 Å². The second-order valence-electron chi connectivity index (χ2n) is 11.3. The van der Waals surface area contributed by atoms with Crippen molar-refractivity contribution in [3.63, 3.8) is 0 Å². The molecule has 3 rings (SSSR count). The van der Waals surface area contributed by atoms with E-state index in [0.29, 0.717) is 6.42 Å². The van der Waals surface area contributed by atoms with Crippen molar-refractivity contribution in [2.75, 3.05) is 6.66 Å². The number of hydrogen-bond donors (Lipinski definition) is 1. The van der Waals surface area contributed by atoms with Crippen molar-refractivity contribution in [2.24, 2.45) is 5.41 Å². The van der Waals surface area contributed by atoms with E-state index in [0.717, 1.165) is 47.3 Å². The standard InChI is InChI=1S/C35H44F2NP/c1-9-11-12-14-29(20-25(3)4)32-21-26(5)22-33(39(32)8)38-27(6)34(7,18-10-2)31-16-13-15-28-17-19-35(36,37)24-30(28)23-31/h12-14,16,20-23,32,38H,3,6,10,15,17-19,24H2,1-2,4-5,7-8H3/b14-12-,29-20+. The monoisotopic (exact) mass is 547 g/mol. The van der Waals surface area contributed by atoms with Crippen LogP contribution < -0.4 is 5.32 Å². The lowest BCUT2D eigenvalue weighted by atomic mass is 9.74. The van der Waals surface area contributed by atoms with Gasteiger partial charge in [0, 0.05) is 35.1 Å². The first-order valence-electron chi connectivity index (χ1n) is 13.9. The van der Waals surface area contributed by atoms with Crippen LogP contribution in [0.1, 0.15) is 73.1 Å². The van der Waals surface area contributed by atoms with Crippen LogP contribution in [0, 0.1) is 17.3 Å². The smallest absolute Gasteiger partial charge is 0.252 e. The molecule has 3 atom stereocenters. The van der Waals surface area contributed by atoms with Gasteiger partial charge in [-0.15, -0.1) is 5.92 Å². The summed E-state index contributed by atoms with van der Waals surface area (Å²) in [6.07, 6.45) is 19.9. The maximum absolute atomic E-state index is 14.4. The van der Waals surface area contributed by atoms with Crippen LogP contribution in [-0.4, -0.2) is 18.2 Å². The van der Waals surface area contributed by atoms with Gasteiger partial charge >= 0.3 is 0 Å². The molecule has 0 fully saturated rings. The summed E-state index contributed by atoms with van der Waals surface area (Å²) in [4.78, 5) is 0. The SMILES string of the molecule is C=C(C)/C=C(\C=C/C#CC)C1C=C(C)C=C(NC(=C)C(C)(CCC)C2=CC3=C(CC=C2)CCC(F)(F)C3)P1C. The predicted octanol–water partition coefficient (Wildman–Crippen LogP) is 10.3. The van der Waals surface area contributed by atoms with E-state index in [1.165, 1.54) is 16.6 Å². The molecule has 39 heavy (non-hydrogen) atoms. The Morgan fingerprint density at radius 3 is 2.72 bits per heavy atom. The average Bonchev–Trinajstić information content (AvgIpc) is 3.07. The predicted molar refractivity (Wildman–Crippen MR) is 167 cm³/mol. The average molecular weight is 548 g/mol. The molecule has 0 saturated carbocycles. The molecule has 3 aliphatic rings. The molecule has 208 valence electrons. The first-order valence-corrected chi connectivity index (χ1v) is 15.8. The number of nitrogens with one attached hydrogen (secondary N) is 1. The van der Waals surface area contributed by atoms with Gasteiger partial charge in [0.15, 0.2) is 0 Å². The molecule has 0 bridgehead atoms. The summed E-state index contributed by atoms with van der Waals surface area (Å²) in [6, 6.07) is 0. The van der Waals surface area contributed by atoms with Gasteiger partial charge in [-0.2, -0.15) is 0 Å². The van der Waals surface area contributed by atoms with Crippen molar-refractivity contribution in [1.29, 1.82) is 0 Å². The fourth-order valence-electron chi connectivity index (χ4n) is 5.60. The molecular formula is C35H44F2NP. The van der Waals surface area contributed by atoms with Crippen LogP contribution in [0.5, 0.6) is 0 Å². The van der Waals surface area contributed by atoms with Crippen LogP contribution in [0.25, 0.3) is 0 Å². The number of hydrogen-bond acceptors (Lipinski definition) is 1. The van der Waals surface area contributed by atoms with Crippen molar-refractivity contribution in [3.05, 3.63) is 106 Å². The van der Waals surface area contributed by atoms with E-state index in [1.54, 1.807) is 0 Å². The molecule has 1 heterocycles. The summed E-state index contributed by atoms with van der Waals surface area (Å²) < 4.78 is 28.7. The van der Waals surface area contributed by atoms with E-state index in [9.17, 15) is 8.78 Å². The van der Waals surface area contributed by atoms with Crippen molar-refractivity contribution >= 4 is 7.92 Å². The molecule has 0 radical (unpaired) electrons. The summed E-state index contributed by atoms with van der Waals surface area (Å²) in [5.74, 6) is 3.34. The summed E-state index contributed by atoms with van der Waals surface area (Å²) in [6.45, 7) is 21.3. The molecule has 1 nitrogen and oxygen atoms in total.